The van der Waals surface area contributed by atoms with Crippen molar-refractivity contribution in [3.05, 3.63) is 433 Å². The molecular formula is C102H64N6O2. The van der Waals surface area contributed by atoms with Crippen molar-refractivity contribution in [1.29, 1.82) is 0 Å². The highest BCUT2D eigenvalue weighted by molar-refractivity contribution is 5.92. The van der Waals surface area contributed by atoms with E-state index in [4.69, 9.17) is 39.4 Å². The standard InChI is InChI=1S/C52H33N3O.C50H31N3O/c1-3-15-35(16-4-1)39-19-7-8-22-42(39)51-54-49(36-17-5-2-6-18-36)53-50(55-51)37-29-27-34(28-30-37)38-31-32-46-48(33-38)56-47-26-14-13-25-45(47)52(46)43-23-11-9-20-40(43)41-21-10-12-24-44(41)52;1-2-13-34(14-3-1)47-51-48(53-49(52-47)38-27-24-32-12-4-5-15-36(32)30-38)35-25-22-33(23-26-35)37-28-29-44-46(31-37)54-45-21-11-10-20-43(45)50(44)41-18-8-6-16-39(41)40-17-7-9-19-42(40)50/h1-33H;1-31H. The summed E-state index contributed by atoms with van der Waals surface area (Å²) in [5.74, 6) is 7.30. The molecule has 4 aliphatic rings. The van der Waals surface area contributed by atoms with Crippen LogP contribution in [0.3, 0.4) is 0 Å². The minimum atomic E-state index is -0.480. The highest BCUT2D eigenvalue weighted by atomic mass is 16.5. The first-order chi connectivity index (χ1) is 54.5. The Labute approximate surface area is 636 Å². The monoisotopic (exact) mass is 1400 g/mol. The average molecular weight is 1410 g/mol. The van der Waals surface area contributed by atoms with Gasteiger partial charge < -0.3 is 9.47 Å². The predicted octanol–water partition coefficient (Wildman–Crippen LogP) is 24.8. The molecule has 2 spiro atoms. The van der Waals surface area contributed by atoms with E-state index in [9.17, 15) is 0 Å². The molecule has 0 N–H and O–H groups in total. The fourth-order valence-corrected chi connectivity index (χ4v) is 17.3. The molecule has 0 amide bonds. The number of para-hydroxylation sites is 2. The van der Waals surface area contributed by atoms with Crippen LogP contribution in [0.1, 0.15) is 44.5 Å². The summed E-state index contributed by atoms with van der Waals surface area (Å²) in [5.41, 5.74) is 26.0. The van der Waals surface area contributed by atoms with Gasteiger partial charge in [0.25, 0.3) is 0 Å². The van der Waals surface area contributed by atoms with Crippen molar-refractivity contribution in [2.24, 2.45) is 0 Å². The summed E-state index contributed by atoms with van der Waals surface area (Å²) >= 11 is 0. The van der Waals surface area contributed by atoms with Crippen LogP contribution in [0.15, 0.2) is 388 Å². The van der Waals surface area contributed by atoms with Crippen LogP contribution in [0.25, 0.3) is 135 Å². The van der Waals surface area contributed by atoms with E-state index >= 15 is 0 Å². The van der Waals surface area contributed by atoms with Crippen LogP contribution in [0.4, 0.5) is 0 Å². The zero-order valence-electron chi connectivity index (χ0n) is 59.5. The summed E-state index contributed by atoms with van der Waals surface area (Å²) in [5, 5.41) is 2.33. The normalized spacial score (nSPS) is 13.0. The van der Waals surface area contributed by atoms with Crippen molar-refractivity contribution < 1.29 is 9.47 Å². The second-order valence-electron chi connectivity index (χ2n) is 28.3. The van der Waals surface area contributed by atoms with E-state index in [0.29, 0.717) is 34.9 Å². The molecule has 16 aromatic carbocycles. The third-order valence-electron chi connectivity index (χ3n) is 22.2. The lowest BCUT2D eigenvalue weighted by molar-refractivity contribution is 0.436. The van der Waals surface area contributed by atoms with Crippen LogP contribution in [-0.4, -0.2) is 29.9 Å². The lowest BCUT2D eigenvalue weighted by Crippen LogP contribution is -2.32. The first-order valence-corrected chi connectivity index (χ1v) is 37.2. The van der Waals surface area contributed by atoms with Gasteiger partial charge in [-0.05, 0) is 119 Å². The number of aromatic nitrogens is 6. The first kappa shape index (κ1) is 63.8. The molecule has 0 fully saturated rings. The van der Waals surface area contributed by atoms with Crippen LogP contribution >= 0.6 is 0 Å². The van der Waals surface area contributed by atoms with Crippen molar-refractivity contribution in [3.63, 3.8) is 0 Å². The van der Waals surface area contributed by atoms with Crippen molar-refractivity contribution >= 4 is 10.8 Å². The number of rotatable bonds is 9. The molecule has 0 saturated carbocycles. The number of nitrogens with zero attached hydrogens (tertiary/aromatic N) is 6. The van der Waals surface area contributed by atoms with Gasteiger partial charge in [0.2, 0.25) is 0 Å². The zero-order chi connectivity index (χ0) is 72.7. The lowest BCUT2D eigenvalue weighted by Gasteiger charge is -2.39. The van der Waals surface area contributed by atoms with Gasteiger partial charge >= 0.3 is 0 Å². The van der Waals surface area contributed by atoms with Gasteiger partial charge in [0.15, 0.2) is 34.9 Å². The van der Waals surface area contributed by atoms with E-state index in [0.717, 1.165) is 106 Å². The lowest BCUT2D eigenvalue weighted by atomic mass is 9.66. The minimum absolute atomic E-state index is 0.475. The van der Waals surface area contributed by atoms with Crippen molar-refractivity contribution in [2.75, 3.05) is 0 Å². The third-order valence-corrected chi connectivity index (χ3v) is 22.2. The Balaban J connectivity index is 0.000000140. The van der Waals surface area contributed by atoms with Gasteiger partial charge in [-0.2, -0.15) is 0 Å². The molecule has 0 saturated heterocycles. The van der Waals surface area contributed by atoms with E-state index in [-0.39, 0.29) is 0 Å². The number of fused-ring (bicyclic) bond motifs is 19. The molecule has 22 rings (SSSR count). The summed E-state index contributed by atoms with van der Waals surface area (Å²) in [7, 11) is 0. The van der Waals surface area contributed by atoms with Crippen molar-refractivity contribution in [3.8, 4) is 147 Å². The van der Waals surface area contributed by atoms with Crippen molar-refractivity contribution in [1.82, 2.24) is 29.9 Å². The van der Waals surface area contributed by atoms with E-state index < -0.39 is 10.8 Å². The third kappa shape index (κ3) is 10.4. The smallest absolute Gasteiger partial charge is 0.164 e. The van der Waals surface area contributed by atoms with Crippen LogP contribution in [0, 0.1) is 0 Å². The Kier molecular flexibility index (Phi) is 15.2. The van der Waals surface area contributed by atoms with Gasteiger partial charge in [0.05, 0.1) is 10.8 Å². The second kappa shape index (κ2) is 26.2. The molecule has 2 aliphatic carbocycles. The van der Waals surface area contributed by atoms with E-state index in [1.54, 1.807) is 0 Å². The van der Waals surface area contributed by atoms with Crippen LogP contribution in [0.5, 0.6) is 23.0 Å². The molecule has 0 radical (unpaired) electrons. The van der Waals surface area contributed by atoms with E-state index in [1.807, 2.05) is 72.8 Å². The second-order valence-corrected chi connectivity index (χ2v) is 28.3. The Morgan fingerprint density at radius 2 is 0.436 bits per heavy atom. The molecule has 2 aliphatic heterocycles. The molecule has 4 heterocycles. The average Bonchev–Trinajstić information content (AvgIpc) is 1.50. The molecule has 18 aromatic rings. The van der Waals surface area contributed by atoms with Gasteiger partial charge in [-0.3, -0.25) is 0 Å². The molecule has 2 aromatic heterocycles. The fourth-order valence-electron chi connectivity index (χ4n) is 17.3. The molecule has 8 nitrogen and oxygen atoms in total. The van der Waals surface area contributed by atoms with E-state index in [1.165, 1.54) is 61.0 Å². The SMILES string of the molecule is c1ccc(-c2nc(-c3ccc(-c4ccc5c(c4)Oc4ccccc4C54c5ccccc5-c5ccccc54)cc3)nc(-c3ccc4ccccc4c3)n2)cc1.c1ccc(-c2nc(-c3ccc(-c4ccc5c(c4)Oc4ccccc4C54c5ccccc5-c5ccccc54)cc3)nc(-c3ccccc3-c3ccccc3)n2)cc1. The summed E-state index contributed by atoms with van der Waals surface area (Å²) in [4.78, 5) is 30.1. The largest absolute Gasteiger partial charge is 0.457 e. The molecule has 0 bridgehead atoms. The molecule has 0 atom stereocenters. The van der Waals surface area contributed by atoms with Crippen LogP contribution < -0.4 is 9.47 Å². The minimum Gasteiger partial charge on any atom is -0.457 e. The first-order valence-electron chi connectivity index (χ1n) is 37.2. The number of hydrogen-bond donors (Lipinski definition) is 0. The predicted molar refractivity (Wildman–Crippen MR) is 441 cm³/mol. The summed E-state index contributed by atoms with van der Waals surface area (Å²) in [6.45, 7) is 0. The summed E-state index contributed by atoms with van der Waals surface area (Å²) in [6.07, 6.45) is 0. The maximum Gasteiger partial charge on any atom is 0.164 e. The fraction of sp³-hybridized carbons (Fsp3) is 0.0196. The van der Waals surface area contributed by atoms with Gasteiger partial charge in [-0.15, -0.1) is 0 Å². The Morgan fingerprint density at radius 1 is 0.155 bits per heavy atom. The zero-order valence-corrected chi connectivity index (χ0v) is 59.5. The molecule has 110 heavy (non-hydrogen) atoms. The molecule has 514 valence electrons. The summed E-state index contributed by atoms with van der Waals surface area (Å²) < 4.78 is 13.5. The maximum absolute atomic E-state index is 6.77. The number of ether oxygens (including phenoxy) is 2. The highest BCUT2D eigenvalue weighted by Gasteiger charge is 2.52. The van der Waals surface area contributed by atoms with Gasteiger partial charge in [0, 0.05) is 55.6 Å². The van der Waals surface area contributed by atoms with Gasteiger partial charge in [-0.1, -0.05) is 358 Å². The quantitative estimate of drug-likeness (QED) is 0.141. The topological polar surface area (TPSA) is 95.8 Å². The van der Waals surface area contributed by atoms with Gasteiger partial charge in [0.1, 0.15) is 23.0 Å². The summed E-state index contributed by atoms with van der Waals surface area (Å²) in [6, 6.07) is 136. The molecular weight excluding hydrogens is 1340 g/mol. The van der Waals surface area contributed by atoms with Crippen LogP contribution in [0.2, 0.25) is 0 Å². The van der Waals surface area contributed by atoms with Crippen LogP contribution in [-0.2, 0) is 10.8 Å². The molecule has 0 unspecified atom stereocenters. The molecule has 8 heteroatoms. The maximum atomic E-state index is 6.77. The Bertz CT molecular complexity index is 6570. The number of hydrogen-bond acceptors (Lipinski definition) is 8. The highest BCUT2D eigenvalue weighted by Crippen LogP contribution is 2.64. The Hall–Kier alpha value is -14.6. The van der Waals surface area contributed by atoms with Crippen molar-refractivity contribution in [2.45, 2.75) is 10.8 Å². The van der Waals surface area contributed by atoms with Gasteiger partial charge in [-0.25, -0.2) is 29.9 Å². The number of benzene rings is 16. The Morgan fingerprint density at radius 3 is 0.864 bits per heavy atom. The van der Waals surface area contributed by atoms with E-state index in [2.05, 4.69) is 315 Å².